The van der Waals surface area contributed by atoms with E-state index >= 15 is 0 Å². The van der Waals surface area contributed by atoms with Gasteiger partial charge in [-0.05, 0) is 36.8 Å². The summed E-state index contributed by atoms with van der Waals surface area (Å²) in [5.41, 5.74) is 3.40. The zero-order valence-electron chi connectivity index (χ0n) is 21.7. The fraction of sp³-hybridized carbons (Fsp3) is 0.433. The van der Waals surface area contributed by atoms with Gasteiger partial charge in [-0.3, -0.25) is 9.36 Å². The highest BCUT2D eigenvalue weighted by Gasteiger charge is 2.29. The van der Waals surface area contributed by atoms with Gasteiger partial charge in [0, 0.05) is 12.1 Å². The normalized spacial score (nSPS) is 13.9. The van der Waals surface area contributed by atoms with E-state index in [1.54, 1.807) is 9.47 Å². The molecule has 3 aromatic rings. The summed E-state index contributed by atoms with van der Waals surface area (Å²) in [7, 11) is 0. The number of benzene rings is 2. The van der Waals surface area contributed by atoms with Gasteiger partial charge in [0.15, 0.2) is 0 Å². The predicted molar refractivity (Wildman–Crippen MR) is 142 cm³/mol. The summed E-state index contributed by atoms with van der Waals surface area (Å²) in [6.07, 6.45) is 4.53. The average molecular weight is 488 g/mol. The van der Waals surface area contributed by atoms with Crippen LogP contribution in [0.4, 0.5) is 4.79 Å². The van der Waals surface area contributed by atoms with Crippen LogP contribution < -0.4 is 5.56 Å². The maximum absolute atomic E-state index is 13.8. The quantitative estimate of drug-likeness (QED) is 0.377. The number of amides is 1. The van der Waals surface area contributed by atoms with Gasteiger partial charge in [0.1, 0.15) is 5.82 Å². The molecular formula is C30H37N3O3. The summed E-state index contributed by atoms with van der Waals surface area (Å²) in [4.78, 5) is 33.2. The van der Waals surface area contributed by atoms with Crippen molar-refractivity contribution < 1.29 is 9.53 Å². The van der Waals surface area contributed by atoms with Crippen molar-refractivity contribution in [3.05, 3.63) is 99.2 Å². The summed E-state index contributed by atoms with van der Waals surface area (Å²) < 4.78 is 7.46. The second kappa shape index (κ2) is 12.0. The Morgan fingerprint density at radius 3 is 2.25 bits per heavy atom. The van der Waals surface area contributed by atoms with Crippen LogP contribution in [0.1, 0.15) is 73.8 Å². The van der Waals surface area contributed by atoms with Crippen LogP contribution in [-0.4, -0.2) is 33.7 Å². The Hall–Kier alpha value is -3.41. The van der Waals surface area contributed by atoms with Crippen molar-refractivity contribution in [3.63, 3.8) is 0 Å². The molecule has 36 heavy (non-hydrogen) atoms. The molecule has 0 saturated carbocycles. The Bertz CT molecular complexity index is 1170. The van der Waals surface area contributed by atoms with Crippen molar-refractivity contribution in [3.8, 4) is 0 Å². The van der Waals surface area contributed by atoms with Gasteiger partial charge in [-0.2, -0.15) is 0 Å². The number of hydrogen-bond donors (Lipinski definition) is 0. The first kappa shape index (κ1) is 25.7. The van der Waals surface area contributed by atoms with Crippen molar-refractivity contribution in [2.24, 2.45) is 5.92 Å². The van der Waals surface area contributed by atoms with Crippen molar-refractivity contribution >= 4 is 6.09 Å². The van der Waals surface area contributed by atoms with Crippen LogP contribution in [0.25, 0.3) is 0 Å². The van der Waals surface area contributed by atoms with E-state index < -0.39 is 0 Å². The van der Waals surface area contributed by atoms with Crippen molar-refractivity contribution in [2.75, 3.05) is 13.2 Å². The van der Waals surface area contributed by atoms with Crippen LogP contribution in [0.15, 0.2) is 65.5 Å². The first-order chi connectivity index (χ1) is 17.5. The van der Waals surface area contributed by atoms with E-state index in [-0.39, 0.29) is 17.7 Å². The molecule has 6 nitrogen and oxygen atoms in total. The molecule has 0 fully saturated rings. The molecule has 0 aliphatic carbocycles. The number of nitrogens with zero attached hydrogens (tertiary/aromatic N) is 3. The molecule has 1 atom stereocenters. The lowest BCUT2D eigenvalue weighted by atomic mass is 9.97. The molecule has 1 aromatic heterocycles. The molecule has 6 heteroatoms. The lowest BCUT2D eigenvalue weighted by Crippen LogP contribution is -2.42. The fourth-order valence-corrected chi connectivity index (χ4v) is 5.02. The van der Waals surface area contributed by atoms with Gasteiger partial charge in [0.05, 0.1) is 24.9 Å². The summed E-state index contributed by atoms with van der Waals surface area (Å²) in [5, 5.41) is 0. The first-order valence-electron chi connectivity index (χ1n) is 13.2. The summed E-state index contributed by atoms with van der Waals surface area (Å²) in [6.45, 7) is 7.40. The number of ether oxygens (including phenoxy) is 1. The molecule has 0 bridgehead atoms. The van der Waals surface area contributed by atoms with Gasteiger partial charge in [0.25, 0.3) is 5.56 Å². The minimum atomic E-state index is -0.314. The van der Waals surface area contributed by atoms with Gasteiger partial charge in [-0.15, -0.1) is 0 Å². The van der Waals surface area contributed by atoms with E-state index in [4.69, 9.17) is 9.72 Å². The van der Waals surface area contributed by atoms with E-state index in [1.807, 2.05) is 67.6 Å². The summed E-state index contributed by atoms with van der Waals surface area (Å²) in [5.74, 6) is 1.03. The van der Waals surface area contributed by atoms with Crippen LogP contribution in [0.5, 0.6) is 0 Å². The number of carbonyl (C=O) groups excluding carboxylic acids is 1. The number of rotatable bonds is 9. The number of unbranched alkanes of at least 4 members (excludes halogenated alkanes) is 1. The Balaban J connectivity index is 1.59. The third-order valence-electron chi connectivity index (χ3n) is 7.18. The van der Waals surface area contributed by atoms with Gasteiger partial charge < -0.3 is 9.64 Å². The van der Waals surface area contributed by atoms with Crippen LogP contribution in [0, 0.1) is 12.8 Å². The van der Waals surface area contributed by atoms with Crippen LogP contribution >= 0.6 is 0 Å². The first-order valence-corrected chi connectivity index (χ1v) is 13.2. The molecule has 0 radical (unpaired) electrons. The van der Waals surface area contributed by atoms with E-state index in [0.717, 1.165) is 36.8 Å². The number of aryl methyl sites for hydroxylation is 1. The second-order valence-electron chi connectivity index (χ2n) is 9.65. The molecule has 0 N–H and O–H groups in total. The van der Waals surface area contributed by atoms with Gasteiger partial charge in [0.2, 0.25) is 0 Å². The van der Waals surface area contributed by atoms with E-state index in [0.29, 0.717) is 49.1 Å². The van der Waals surface area contributed by atoms with E-state index in [1.165, 1.54) is 0 Å². The highest BCUT2D eigenvalue weighted by Crippen LogP contribution is 2.27. The highest BCUT2D eigenvalue weighted by atomic mass is 16.6. The highest BCUT2D eigenvalue weighted by molar-refractivity contribution is 5.68. The van der Waals surface area contributed by atoms with E-state index in [2.05, 4.69) is 13.8 Å². The maximum atomic E-state index is 13.8. The molecule has 4 rings (SSSR count). The topological polar surface area (TPSA) is 64.4 Å². The Morgan fingerprint density at radius 2 is 1.67 bits per heavy atom. The van der Waals surface area contributed by atoms with Crippen LogP contribution in [-0.2, 0) is 17.7 Å². The lowest BCUT2D eigenvalue weighted by molar-refractivity contribution is 0.0802. The summed E-state index contributed by atoms with van der Waals surface area (Å²) in [6, 6.07) is 19.8. The van der Waals surface area contributed by atoms with Crippen molar-refractivity contribution in [1.82, 2.24) is 14.5 Å². The number of carbonyl (C=O) groups is 1. The SMILES string of the molecule is CCCCC(CC)COC(=O)N1CCc2c(nc(C)n(C(c3ccccc3)c3ccccc3)c2=O)C1. The molecule has 1 unspecified atom stereocenters. The molecule has 2 aromatic carbocycles. The third-order valence-corrected chi connectivity index (χ3v) is 7.18. The lowest BCUT2D eigenvalue weighted by Gasteiger charge is -2.30. The molecule has 190 valence electrons. The molecule has 1 aliphatic rings. The maximum Gasteiger partial charge on any atom is 0.410 e. The number of aromatic nitrogens is 2. The van der Waals surface area contributed by atoms with Gasteiger partial charge in [-0.1, -0.05) is 93.8 Å². The third kappa shape index (κ3) is 5.69. The average Bonchev–Trinajstić information content (AvgIpc) is 2.91. The van der Waals surface area contributed by atoms with Crippen molar-refractivity contribution in [1.29, 1.82) is 0 Å². The molecule has 2 heterocycles. The minimum absolute atomic E-state index is 0.0335. The molecule has 1 amide bonds. The fourth-order valence-electron chi connectivity index (χ4n) is 5.02. The minimum Gasteiger partial charge on any atom is -0.449 e. The Morgan fingerprint density at radius 1 is 1.03 bits per heavy atom. The number of hydrogen-bond acceptors (Lipinski definition) is 4. The monoisotopic (exact) mass is 487 g/mol. The van der Waals surface area contributed by atoms with Crippen LogP contribution in [0.3, 0.4) is 0 Å². The van der Waals surface area contributed by atoms with Gasteiger partial charge in [-0.25, -0.2) is 9.78 Å². The molecule has 0 saturated heterocycles. The Kier molecular flexibility index (Phi) is 8.57. The molecule has 1 aliphatic heterocycles. The number of fused-ring (bicyclic) bond motifs is 1. The molecule has 0 spiro atoms. The predicted octanol–water partition coefficient (Wildman–Crippen LogP) is 5.90. The summed E-state index contributed by atoms with van der Waals surface area (Å²) >= 11 is 0. The van der Waals surface area contributed by atoms with E-state index in [9.17, 15) is 9.59 Å². The second-order valence-corrected chi connectivity index (χ2v) is 9.65. The largest absolute Gasteiger partial charge is 0.449 e. The molecular weight excluding hydrogens is 450 g/mol. The Labute approximate surface area is 213 Å². The zero-order chi connectivity index (χ0) is 25.5. The van der Waals surface area contributed by atoms with Crippen molar-refractivity contribution in [2.45, 2.75) is 65.5 Å². The van der Waals surface area contributed by atoms with Crippen LogP contribution in [0.2, 0.25) is 0 Å². The van der Waals surface area contributed by atoms with Gasteiger partial charge >= 0.3 is 6.09 Å². The standard InChI is InChI=1S/C30H37N3O3/c1-4-6-13-23(5-2)21-36-30(35)32-19-18-26-27(20-32)31-22(3)33(29(26)34)28(24-14-9-7-10-15-24)25-16-11-8-12-17-25/h7-12,14-17,23,28H,4-6,13,18-21H2,1-3H3. The smallest absolute Gasteiger partial charge is 0.410 e. The zero-order valence-corrected chi connectivity index (χ0v) is 21.7.